The van der Waals surface area contributed by atoms with E-state index in [1.54, 1.807) is 7.11 Å². The first-order chi connectivity index (χ1) is 5.34. The predicted molar refractivity (Wildman–Crippen MR) is 43.0 cm³/mol. The first-order valence-corrected chi connectivity index (χ1v) is 4.31. The van der Waals surface area contributed by atoms with Crippen molar-refractivity contribution in [3.05, 3.63) is 0 Å². The van der Waals surface area contributed by atoms with E-state index >= 15 is 0 Å². The highest BCUT2D eigenvalue weighted by molar-refractivity contribution is 4.75. The van der Waals surface area contributed by atoms with Crippen molar-refractivity contribution in [2.24, 2.45) is 0 Å². The van der Waals surface area contributed by atoms with E-state index < -0.39 is 0 Å². The molecular formula is C8H17NO2. The smallest absolute Gasteiger partial charge is 0.0716 e. The minimum Gasteiger partial charge on any atom is -0.391 e. The molecule has 0 bridgehead atoms. The van der Waals surface area contributed by atoms with Crippen molar-refractivity contribution in [3.63, 3.8) is 0 Å². The summed E-state index contributed by atoms with van der Waals surface area (Å²) >= 11 is 0. The van der Waals surface area contributed by atoms with Crippen LogP contribution in [0.2, 0.25) is 0 Å². The van der Waals surface area contributed by atoms with Crippen molar-refractivity contribution in [2.45, 2.75) is 44.2 Å². The molecule has 2 atom stereocenters. The van der Waals surface area contributed by atoms with Crippen LogP contribution >= 0.6 is 0 Å². The Kier molecular flexibility index (Phi) is 3.83. The molecule has 1 rings (SSSR count). The van der Waals surface area contributed by atoms with Gasteiger partial charge < -0.3 is 9.94 Å². The number of nitrogens with one attached hydrogen (secondary N) is 1. The van der Waals surface area contributed by atoms with Crippen LogP contribution in [0.15, 0.2) is 0 Å². The summed E-state index contributed by atoms with van der Waals surface area (Å²) in [7, 11) is 1.59. The molecule has 0 heterocycles. The van der Waals surface area contributed by atoms with Gasteiger partial charge in [-0.25, -0.2) is 0 Å². The average Bonchev–Trinajstić information content (AvgIpc) is 2.18. The van der Waals surface area contributed by atoms with E-state index in [2.05, 4.69) is 5.48 Å². The summed E-state index contributed by atoms with van der Waals surface area (Å²) in [5.41, 5.74) is 2.82. The van der Waals surface area contributed by atoms with Gasteiger partial charge in [-0.1, -0.05) is 19.3 Å². The van der Waals surface area contributed by atoms with Crippen molar-refractivity contribution in [1.82, 2.24) is 5.48 Å². The largest absolute Gasteiger partial charge is 0.391 e. The Hall–Kier alpha value is -0.120. The summed E-state index contributed by atoms with van der Waals surface area (Å²) in [6.07, 6.45) is 5.27. The Labute approximate surface area is 67.7 Å². The third-order valence-electron chi connectivity index (χ3n) is 2.25. The predicted octanol–water partition coefficient (Wildman–Crippen LogP) is 0.831. The van der Waals surface area contributed by atoms with E-state index in [-0.39, 0.29) is 12.1 Å². The maximum Gasteiger partial charge on any atom is 0.0716 e. The Morgan fingerprint density at radius 2 is 2.00 bits per heavy atom. The molecule has 0 aliphatic heterocycles. The second-order valence-corrected chi connectivity index (χ2v) is 3.13. The van der Waals surface area contributed by atoms with Gasteiger partial charge in [0.2, 0.25) is 0 Å². The zero-order valence-corrected chi connectivity index (χ0v) is 7.05. The molecule has 2 N–H and O–H groups in total. The number of aliphatic hydroxyl groups is 1. The zero-order valence-electron chi connectivity index (χ0n) is 7.05. The highest BCUT2D eigenvalue weighted by atomic mass is 16.6. The molecule has 3 nitrogen and oxygen atoms in total. The maximum absolute atomic E-state index is 9.54. The molecule has 0 radical (unpaired) electrons. The van der Waals surface area contributed by atoms with Gasteiger partial charge in [0.25, 0.3) is 0 Å². The second kappa shape index (κ2) is 4.70. The molecule has 0 amide bonds. The lowest BCUT2D eigenvalue weighted by atomic mass is 10.1. The normalized spacial score (nSPS) is 33.3. The Morgan fingerprint density at radius 1 is 1.27 bits per heavy atom. The van der Waals surface area contributed by atoms with Crippen LogP contribution < -0.4 is 5.48 Å². The summed E-state index contributed by atoms with van der Waals surface area (Å²) in [6, 6.07) is 0.141. The Morgan fingerprint density at radius 3 is 2.73 bits per heavy atom. The molecule has 1 aliphatic rings. The fraction of sp³-hybridized carbons (Fsp3) is 1.00. The summed E-state index contributed by atoms with van der Waals surface area (Å²) in [6.45, 7) is 0. The van der Waals surface area contributed by atoms with E-state index in [4.69, 9.17) is 4.84 Å². The SMILES string of the molecule is CONC1CCCCCC1O. The standard InChI is InChI=1S/C8H17NO2/c1-11-9-7-5-3-2-4-6-8(7)10/h7-10H,2-6H2,1H3. The van der Waals surface area contributed by atoms with Gasteiger partial charge in [-0.15, -0.1) is 0 Å². The highest BCUT2D eigenvalue weighted by Crippen LogP contribution is 2.17. The van der Waals surface area contributed by atoms with Crippen molar-refractivity contribution in [1.29, 1.82) is 0 Å². The fourth-order valence-corrected chi connectivity index (χ4v) is 1.58. The second-order valence-electron chi connectivity index (χ2n) is 3.13. The molecule has 1 aliphatic carbocycles. The van der Waals surface area contributed by atoms with Gasteiger partial charge in [-0.3, -0.25) is 0 Å². The number of rotatable bonds is 2. The van der Waals surface area contributed by atoms with Crippen LogP contribution in [-0.2, 0) is 4.84 Å². The molecule has 1 fully saturated rings. The van der Waals surface area contributed by atoms with Gasteiger partial charge in [-0.2, -0.15) is 5.48 Å². The van der Waals surface area contributed by atoms with E-state index in [1.807, 2.05) is 0 Å². The molecule has 0 aromatic carbocycles. The van der Waals surface area contributed by atoms with Gasteiger partial charge in [-0.05, 0) is 12.8 Å². The van der Waals surface area contributed by atoms with Crippen LogP contribution in [0.1, 0.15) is 32.1 Å². The van der Waals surface area contributed by atoms with E-state index in [9.17, 15) is 5.11 Å². The first-order valence-electron chi connectivity index (χ1n) is 4.31. The topological polar surface area (TPSA) is 41.5 Å². The summed E-state index contributed by atoms with van der Waals surface area (Å²) in [5, 5.41) is 9.54. The first kappa shape index (κ1) is 8.97. The number of hydroxylamine groups is 1. The summed E-state index contributed by atoms with van der Waals surface area (Å²) < 4.78 is 0. The number of hydrogen-bond donors (Lipinski definition) is 2. The molecule has 66 valence electrons. The maximum atomic E-state index is 9.54. The lowest BCUT2D eigenvalue weighted by Crippen LogP contribution is -2.38. The van der Waals surface area contributed by atoms with E-state index in [0.29, 0.717) is 0 Å². The third-order valence-corrected chi connectivity index (χ3v) is 2.25. The van der Waals surface area contributed by atoms with Crippen molar-refractivity contribution >= 4 is 0 Å². The minimum absolute atomic E-state index is 0.141. The van der Waals surface area contributed by atoms with Gasteiger partial charge in [0.1, 0.15) is 0 Å². The fourth-order valence-electron chi connectivity index (χ4n) is 1.58. The molecular weight excluding hydrogens is 142 g/mol. The van der Waals surface area contributed by atoms with Gasteiger partial charge in [0, 0.05) is 0 Å². The molecule has 0 saturated heterocycles. The molecule has 3 heteroatoms. The number of aliphatic hydroxyl groups excluding tert-OH is 1. The van der Waals surface area contributed by atoms with Crippen LogP contribution in [0.5, 0.6) is 0 Å². The van der Waals surface area contributed by atoms with Gasteiger partial charge in [0.15, 0.2) is 0 Å². The highest BCUT2D eigenvalue weighted by Gasteiger charge is 2.20. The third kappa shape index (κ3) is 2.77. The molecule has 0 aromatic heterocycles. The summed E-state index contributed by atoms with van der Waals surface area (Å²) in [4.78, 5) is 4.80. The van der Waals surface area contributed by atoms with Crippen molar-refractivity contribution < 1.29 is 9.94 Å². The van der Waals surface area contributed by atoms with Gasteiger partial charge in [0.05, 0.1) is 19.3 Å². The van der Waals surface area contributed by atoms with Crippen molar-refractivity contribution in [3.8, 4) is 0 Å². The molecule has 0 aromatic rings. The van der Waals surface area contributed by atoms with Gasteiger partial charge >= 0.3 is 0 Å². The Bertz CT molecular complexity index is 108. The van der Waals surface area contributed by atoms with Crippen LogP contribution in [-0.4, -0.2) is 24.4 Å². The Balaban J connectivity index is 2.32. The number of hydrogen-bond acceptors (Lipinski definition) is 3. The zero-order chi connectivity index (χ0) is 8.10. The monoisotopic (exact) mass is 159 g/mol. The lowest BCUT2D eigenvalue weighted by molar-refractivity contribution is 0.00373. The molecule has 1 saturated carbocycles. The molecule has 2 unspecified atom stereocenters. The lowest BCUT2D eigenvalue weighted by Gasteiger charge is -2.19. The molecule has 0 spiro atoms. The van der Waals surface area contributed by atoms with Crippen LogP contribution in [0, 0.1) is 0 Å². The van der Waals surface area contributed by atoms with Crippen molar-refractivity contribution in [2.75, 3.05) is 7.11 Å². The average molecular weight is 159 g/mol. The van der Waals surface area contributed by atoms with Crippen LogP contribution in [0.25, 0.3) is 0 Å². The summed E-state index contributed by atoms with van der Waals surface area (Å²) in [5.74, 6) is 0. The van der Waals surface area contributed by atoms with E-state index in [0.717, 1.165) is 19.3 Å². The molecule has 11 heavy (non-hydrogen) atoms. The minimum atomic E-state index is -0.225. The van der Waals surface area contributed by atoms with E-state index in [1.165, 1.54) is 12.8 Å². The van der Waals surface area contributed by atoms with Crippen LogP contribution in [0.3, 0.4) is 0 Å². The van der Waals surface area contributed by atoms with Crippen LogP contribution in [0.4, 0.5) is 0 Å². The quantitative estimate of drug-likeness (QED) is 0.463.